The molecule has 0 aliphatic carbocycles. The molecule has 0 radical (unpaired) electrons. The highest BCUT2D eigenvalue weighted by Crippen LogP contribution is 2.16. The number of nitrogens with two attached hydrogens (primary N) is 1. The highest BCUT2D eigenvalue weighted by molar-refractivity contribution is 5.76. The van der Waals surface area contributed by atoms with Crippen LogP contribution in [0, 0.1) is 0 Å². The largest absolute Gasteiger partial charge is 0.420 e. The van der Waals surface area contributed by atoms with Crippen LogP contribution < -0.4 is 11.5 Å². The van der Waals surface area contributed by atoms with E-state index in [-0.39, 0.29) is 5.76 Å². The predicted molar refractivity (Wildman–Crippen MR) is 70.6 cm³/mol. The summed E-state index contributed by atoms with van der Waals surface area (Å²) < 4.78 is 12.1. The maximum Gasteiger partial charge on any atom is 0.420 e. The van der Waals surface area contributed by atoms with E-state index in [0.717, 1.165) is 25.0 Å². The van der Waals surface area contributed by atoms with Gasteiger partial charge in [0.15, 0.2) is 5.58 Å². The number of hydrogen-bond acceptors (Lipinski definition) is 4. The van der Waals surface area contributed by atoms with Crippen LogP contribution in [0.25, 0.3) is 11.1 Å². The third kappa shape index (κ3) is 2.73. The normalized spacial score (nSPS) is 11.2. The van der Waals surface area contributed by atoms with Crippen LogP contribution in [-0.4, -0.2) is 17.8 Å². The van der Waals surface area contributed by atoms with E-state index in [4.69, 9.17) is 14.9 Å². The second-order valence-corrected chi connectivity index (χ2v) is 4.21. The van der Waals surface area contributed by atoms with Gasteiger partial charge in [-0.25, -0.2) is 4.79 Å². The Kier molecular flexibility index (Phi) is 4.04. The van der Waals surface area contributed by atoms with E-state index in [9.17, 15) is 4.79 Å². The van der Waals surface area contributed by atoms with Gasteiger partial charge >= 0.3 is 5.76 Å². The van der Waals surface area contributed by atoms with Crippen LogP contribution in [0.1, 0.15) is 19.8 Å². The monoisotopic (exact) mass is 250 g/mol. The lowest BCUT2D eigenvalue weighted by Gasteiger charge is -2.04. The summed E-state index contributed by atoms with van der Waals surface area (Å²) in [5, 5.41) is 0. The number of oxazole rings is 1. The predicted octanol–water partition coefficient (Wildman–Crippen LogP) is 1.99. The summed E-state index contributed by atoms with van der Waals surface area (Å²) in [6, 6.07) is 5.21. The van der Waals surface area contributed by atoms with Gasteiger partial charge in [0.25, 0.3) is 0 Å². The number of ether oxygens (including phenoxy) is 1. The van der Waals surface area contributed by atoms with Gasteiger partial charge < -0.3 is 14.9 Å². The maximum absolute atomic E-state index is 11.7. The second-order valence-electron chi connectivity index (χ2n) is 4.21. The fraction of sp³-hybridized carbons (Fsp3) is 0.462. The van der Waals surface area contributed by atoms with Crippen molar-refractivity contribution in [2.75, 3.05) is 18.9 Å². The van der Waals surface area contributed by atoms with Crippen molar-refractivity contribution < 1.29 is 9.15 Å². The first kappa shape index (κ1) is 12.7. The zero-order valence-electron chi connectivity index (χ0n) is 10.5. The molecular weight excluding hydrogens is 232 g/mol. The lowest BCUT2D eigenvalue weighted by molar-refractivity contribution is 0.123. The first-order valence-electron chi connectivity index (χ1n) is 6.19. The van der Waals surface area contributed by atoms with Gasteiger partial charge in [0.05, 0.1) is 18.7 Å². The summed E-state index contributed by atoms with van der Waals surface area (Å²) in [6.07, 6.45) is 2.14. The standard InChI is InChI=1S/C13H18N2O3/c1-2-3-7-17-8-6-15-11-5-4-10(14)9-12(11)18-13(15)16/h4-5,9H,2-3,6-8,14H2,1H3. The molecule has 0 amide bonds. The molecule has 0 spiro atoms. The Hall–Kier alpha value is -1.75. The van der Waals surface area contributed by atoms with Crippen molar-refractivity contribution in [2.45, 2.75) is 26.3 Å². The molecule has 0 atom stereocenters. The van der Waals surface area contributed by atoms with Crippen molar-refractivity contribution in [3.8, 4) is 0 Å². The van der Waals surface area contributed by atoms with Gasteiger partial charge in [0, 0.05) is 18.4 Å². The number of anilines is 1. The Labute approximate surface area is 105 Å². The SMILES string of the molecule is CCCCOCCn1c(=O)oc2cc(N)ccc21. The number of nitrogens with zero attached hydrogens (tertiary/aromatic N) is 1. The van der Waals surface area contributed by atoms with E-state index in [1.54, 1.807) is 22.8 Å². The average molecular weight is 250 g/mol. The van der Waals surface area contributed by atoms with Gasteiger partial charge in [0.2, 0.25) is 0 Å². The van der Waals surface area contributed by atoms with E-state index < -0.39 is 0 Å². The highest BCUT2D eigenvalue weighted by Gasteiger charge is 2.08. The second kappa shape index (κ2) is 5.73. The zero-order valence-corrected chi connectivity index (χ0v) is 10.5. The van der Waals surface area contributed by atoms with Crippen molar-refractivity contribution >= 4 is 16.8 Å². The van der Waals surface area contributed by atoms with Crippen LogP contribution in [0.2, 0.25) is 0 Å². The van der Waals surface area contributed by atoms with Crippen molar-refractivity contribution in [3.05, 3.63) is 28.7 Å². The Morgan fingerprint density at radius 3 is 3.00 bits per heavy atom. The Morgan fingerprint density at radius 1 is 1.39 bits per heavy atom. The summed E-state index contributed by atoms with van der Waals surface area (Å²) in [5.74, 6) is -0.366. The number of nitrogen functional groups attached to an aromatic ring is 1. The Morgan fingerprint density at radius 2 is 2.22 bits per heavy atom. The lowest BCUT2D eigenvalue weighted by atomic mass is 10.3. The van der Waals surface area contributed by atoms with Crippen molar-refractivity contribution in [1.29, 1.82) is 0 Å². The quantitative estimate of drug-likeness (QED) is 0.628. The molecular formula is C13H18N2O3. The molecule has 2 aromatic rings. The molecule has 5 heteroatoms. The topological polar surface area (TPSA) is 70.4 Å². The Bertz CT molecular complexity index is 571. The lowest BCUT2D eigenvalue weighted by Crippen LogP contribution is -2.17. The molecule has 0 bridgehead atoms. The molecule has 2 rings (SSSR count). The van der Waals surface area contributed by atoms with Crippen LogP contribution in [0.15, 0.2) is 27.4 Å². The van der Waals surface area contributed by atoms with Crippen LogP contribution in [0.4, 0.5) is 5.69 Å². The van der Waals surface area contributed by atoms with Gasteiger partial charge in [-0.2, -0.15) is 0 Å². The first-order chi connectivity index (χ1) is 8.72. The Balaban J connectivity index is 2.08. The van der Waals surface area contributed by atoms with E-state index in [2.05, 4.69) is 6.92 Å². The highest BCUT2D eigenvalue weighted by atomic mass is 16.5. The fourth-order valence-electron chi connectivity index (χ4n) is 1.80. The van der Waals surface area contributed by atoms with Crippen molar-refractivity contribution in [2.24, 2.45) is 0 Å². The summed E-state index contributed by atoms with van der Waals surface area (Å²) in [6.45, 7) is 3.86. The van der Waals surface area contributed by atoms with E-state index >= 15 is 0 Å². The van der Waals surface area contributed by atoms with Gasteiger partial charge in [-0.15, -0.1) is 0 Å². The molecule has 2 N–H and O–H groups in total. The minimum atomic E-state index is -0.366. The van der Waals surface area contributed by atoms with Crippen LogP contribution in [-0.2, 0) is 11.3 Å². The molecule has 18 heavy (non-hydrogen) atoms. The number of fused-ring (bicyclic) bond motifs is 1. The molecule has 0 aliphatic rings. The molecule has 1 aromatic heterocycles. The summed E-state index contributed by atoms with van der Waals surface area (Å²) in [7, 11) is 0. The molecule has 98 valence electrons. The summed E-state index contributed by atoms with van der Waals surface area (Å²) in [5.41, 5.74) is 7.51. The number of hydrogen-bond donors (Lipinski definition) is 1. The molecule has 0 unspecified atom stereocenters. The van der Waals surface area contributed by atoms with Gasteiger partial charge in [-0.1, -0.05) is 13.3 Å². The molecule has 0 fully saturated rings. The van der Waals surface area contributed by atoms with Crippen LogP contribution >= 0.6 is 0 Å². The number of unbranched alkanes of at least 4 members (excludes halogenated alkanes) is 1. The molecule has 1 heterocycles. The number of aromatic nitrogens is 1. The maximum atomic E-state index is 11.7. The minimum Gasteiger partial charge on any atom is -0.408 e. The van der Waals surface area contributed by atoms with Crippen molar-refractivity contribution in [3.63, 3.8) is 0 Å². The van der Waals surface area contributed by atoms with E-state index in [1.165, 1.54) is 0 Å². The van der Waals surface area contributed by atoms with E-state index in [1.807, 2.05) is 0 Å². The number of benzene rings is 1. The van der Waals surface area contributed by atoms with Gasteiger partial charge in [0.1, 0.15) is 0 Å². The molecule has 1 aromatic carbocycles. The average Bonchev–Trinajstić information content (AvgIpc) is 2.64. The molecule has 0 saturated heterocycles. The smallest absolute Gasteiger partial charge is 0.408 e. The van der Waals surface area contributed by atoms with Gasteiger partial charge in [-0.3, -0.25) is 4.57 Å². The van der Waals surface area contributed by atoms with Crippen molar-refractivity contribution in [1.82, 2.24) is 4.57 Å². The third-order valence-corrected chi connectivity index (χ3v) is 2.79. The summed E-state index contributed by atoms with van der Waals surface area (Å²) >= 11 is 0. The van der Waals surface area contributed by atoms with Gasteiger partial charge in [-0.05, 0) is 18.6 Å². The molecule has 0 saturated carbocycles. The first-order valence-corrected chi connectivity index (χ1v) is 6.19. The third-order valence-electron chi connectivity index (χ3n) is 2.79. The molecule has 0 aliphatic heterocycles. The zero-order chi connectivity index (χ0) is 13.0. The van der Waals surface area contributed by atoms with Crippen LogP contribution in [0.5, 0.6) is 0 Å². The molecule has 5 nitrogen and oxygen atoms in total. The summed E-state index contributed by atoms with van der Waals surface area (Å²) in [4.78, 5) is 11.7. The minimum absolute atomic E-state index is 0.366. The van der Waals surface area contributed by atoms with Crippen LogP contribution in [0.3, 0.4) is 0 Å². The number of rotatable bonds is 6. The van der Waals surface area contributed by atoms with E-state index in [0.29, 0.717) is 24.4 Å². The fourth-order valence-corrected chi connectivity index (χ4v) is 1.80.